The second kappa shape index (κ2) is 6.88. The molecule has 0 atom stereocenters. The van der Waals surface area contributed by atoms with E-state index >= 15 is 0 Å². The van der Waals surface area contributed by atoms with Gasteiger partial charge in [-0.05, 0) is 18.2 Å². The second-order valence-electron chi connectivity index (χ2n) is 4.18. The zero-order valence-electron chi connectivity index (χ0n) is 11.2. The fraction of sp³-hybridized carbons (Fsp3) is 0.214. The number of esters is 1. The SMILES string of the molecule is O=C(OCc1ccccn1)c1ccnc(OCC(F)(F)F)c1. The third-order valence-corrected chi connectivity index (χ3v) is 2.43. The van der Waals surface area contributed by atoms with Crippen molar-refractivity contribution in [1.29, 1.82) is 0 Å². The number of ether oxygens (including phenoxy) is 2. The molecular formula is C14H11F3N2O3. The van der Waals surface area contributed by atoms with Gasteiger partial charge < -0.3 is 9.47 Å². The summed E-state index contributed by atoms with van der Waals surface area (Å²) in [5.74, 6) is -1.01. The molecule has 0 aliphatic carbocycles. The lowest BCUT2D eigenvalue weighted by Gasteiger charge is -2.09. The number of aromatic nitrogens is 2. The van der Waals surface area contributed by atoms with Crippen LogP contribution >= 0.6 is 0 Å². The summed E-state index contributed by atoms with van der Waals surface area (Å²) in [7, 11) is 0. The average molecular weight is 312 g/mol. The van der Waals surface area contributed by atoms with Crippen LogP contribution in [-0.4, -0.2) is 28.7 Å². The van der Waals surface area contributed by atoms with Gasteiger partial charge in [-0.3, -0.25) is 4.98 Å². The van der Waals surface area contributed by atoms with Gasteiger partial charge in [0.15, 0.2) is 6.61 Å². The third-order valence-electron chi connectivity index (χ3n) is 2.43. The lowest BCUT2D eigenvalue weighted by atomic mass is 10.3. The van der Waals surface area contributed by atoms with Crippen molar-refractivity contribution < 1.29 is 27.4 Å². The van der Waals surface area contributed by atoms with Crippen molar-refractivity contribution in [3.63, 3.8) is 0 Å². The molecule has 0 unspecified atom stereocenters. The highest BCUT2D eigenvalue weighted by molar-refractivity contribution is 5.89. The summed E-state index contributed by atoms with van der Waals surface area (Å²) in [6.45, 7) is -1.52. The summed E-state index contributed by atoms with van der Waals surface area (Å²) in [5, 5.41) is 0. The third kappa shape index (κ3) is 5.04. The van der Waals surface area contributed by atoms with E-state index in [1.165, 1.54) is 12.3 Å². The summed E-state index contributed by atoms with van der Waals surface area (Å²) in [4.78, 5) is 19.4. The summed E-state index contributed by atoms with van der Waals surface area (Å²) >= 11 is 0. The highest BCUT2D eigenvalue weighted by atomic mass is 19.4. The molecule has 0 aromatic carbocycles. The zero-order valence-corrected chi connectivity index (χ0v) is 11.2. The number of nitrogens with zero attached hydrogens (tertiary/aromatic N) is 2. The Balaban J connectivity index is 1.95. The van der Waals surface area contributed by atoms with E-state index in [1.807, 2.05) is 0 Å². The van der Waals surface area contributed by atoms with Gasteiger partial charge in [-0.1, -0.05) is 6.07 Å². The monoisotopic (exact) mass is 312 g/mol. The quantitative estimate of drug-likeness (QED) is 0.795. The van der Waals surface area contributed by atoms with E-state index in [0.29, 0.717) is 5.69 Å². The molecular weight excluding hydrogens is 301 g/mol. The maximum absolute atomic E-state index is 12.1. The molecule has 0 radical (unpaired) electrons. The lowest BCUT2D eigenvalue weighted by Crippen LogP contribution is -2.19. The fourth-order valence-corrected chi connectivity index (χ4v) is 1.48. The molecule has 0 fully saturated rings. The number of carbonyl (C=O) groups is 1. The van der Waals surface area contributed by atoms with E-state index in [9.17, 15) is 18.0 Å². The van der Waals surface area contributed by atoms with Crippen LogP contribution in [0.2, 0.25) is 0 Å². The Morgan fingerprint density at radius 1 is 1.14 bits per heavy atom. The largest absolute Gasteiger partial charge is 0.468 e. The molecule has 0 bridgehead atoms. The van der Waals surface area contributed by atoms with Crippen molar-refractivity contribution in [1.82, 2.24) is 9.97 Å². The number of pyridine rings is 2. The molecule has 2 heterocycles. The molecule has 8 heteroatoms. The Morgan fingerprint density at radius 2 is 1.95 bits per heavy atom. The Labute approximate surface area is 123 Å². The van der Waals surface area contributed by atoms with Crippen LogP contribution in [-0.2, 0) is 11.3 Å². The van der Waals surface area contributed by atoms with Crippen LogP contribution in [0.4, 0.5) is 13.2 Å². The number of rotatable bonds is 5. The van der Waals surface area contributed by atoms with Gasteiger partial charge >= 0.3 is 12.1 Å². The Hall–Kier alpha value is -2.64. The summed E-state index contributed by atoms with van der Waals surface area (Å²) in [6, 6.07) is 7.55. The molecule has 116 valence electrons. The van der Waals surface area contributed by atoms with Gasteiger partial charge in [-0.2, -0.15) is 13.2 Å². The predicted octanol–water partition coefficient (Wildman–Crippen LogP) is 2.77. The minimum atomic E-state index is -4.48. The normalized spacial score (nSPS) is 11.0. The summed E-state index contributed by atoms with van der Waals surface area (Å²) in [6.07, 6.45) is -1.75. The van der Waals surface area contributed by atoms with E-state index in [1.54, 1.807) is 24.4 Å². The number of alkyl halides is 3. The highest BCUT2D eigenvalue weighted by Crippen LogP contribution is 2.18. The predicted molar refractivity (Wildman–Crippen MR) is 69.1 cm³/mol. The van der Waals surface area contributed by atoms with Crippen LogP contribution in [0, 0.1) is 0 Å². The van der Waals surface area contributed by atoms with Crippen LogP contribution in [0.1, 0.15) is 16.1 Å². The molecule has 22 heavy (non-hydrogen) atoms. The van der Waals surface area contributed by atoms with E-state index in [-0.39, 0.29) is 18.1 Å². The molecule has 0 aliphatic heterocycles. The standard InChI is InChI=1S/C14H11F3N2O3/c15-14(16,17)9-22-12-7-10(4-6-19-12)13(20)21-8-11-3-1-2-5-18-11/h1-7H,8-9H2. The van der Waals surface area contributed by atoms with Crippen molar-refractivity contribution in [3.8, 4) is 5.88 Å². The molecule has 0 saturated heterocycles. The molecule has 0 amide bonds. The van der Waals surface area contributed by atoms with E-state index < -0.39 is 18.8 Å². The second-order valence-corrected chi connectivity index (χ2v) is 4.18. The van der Waals surface area contributed by atoms with Gasteiger partial charge in [0, 0.05) is 18.5 Å². The number of hydrogen-bond acceptors (Lipinski definition) is 5. The maximum atomic E-state index is 12.1. The zero-order chi connectivity index (χ0) is 16.0. The summed E-state index contributed by atoms with van der Waals surface area (Å²) in [5.41, 5.74) is 0.599. The van der Waals surface area contributed by atoms with Gasteiger partial charge in [0.2, 0.25) is 5.88 Å². The molecule has 0 N–H and O–H groups in total. The van der Waals surface area contributed by atoms with Gasteiger partial charge in [0.05, 0.1) is 11.3 Å². The minimum Gasteiger partial charge on any atom is -0.468 e. The van der Waals surface area contributed by atoms with Crippen LogP contribution < -0.4 is 4.74 Å². The topological polar surface area (TPSA) is 61.3 Å². The first-order valence-electron chi connectivity index (χ1n) is 6.17. The Morgan fingerprint density at radius 3 is 2.64 bits per heavy atom. The van der Waals surface area contributed by atoms with Gasteiger partial charge in [0.1, 0.15) is 6.61 Å². The molecule has 0 spiro atoms. The smallest absolute Gasteiger partial charge is 0.422 e. The maximum Gasteiger partial charge on any atom is 0.422 e. The fourth-order valence-electron chi connectivity index (χ4n) is 1.48. The first-order valence-corrected chi connectivity index (χ1v) is 6.17. The van der Waals surface area contributed by atoms with Crippen LogP contribution in [0.3, 0.4) is 0 Å². The minimum absolute atomic E-state index is 0.0409. The van der Waals surface area contributed by atoms with Crippen molar-refractivity contribution in [2.75, 3.05) is 6.61 Å². The van der Waals surface area contributed by atoms with Crippen molar-refractivity contribution in [3.05, 3.63) is 54.0 Å². The van der Waals surface area contributed by atoms with Crippen LogP contribution in [0.25, 0.3) is 0 Å². The molecule has 2 aromatic heterocycles. The van der Waals surface area contributed by atoms with Crippen molar-refractivity contribution >= 4 is 5.97 Å². The Kier molecular flexibility index (Phi) is 4.92. The molecule has 0 aliphatic rings. The number of halogens is 3. The molecule has 2 rings (SSSR count). The summed E-state index contributed by atoms with van der Waals surface area (Å²) < 4.78 is 45.6. The molecule has 2 aromatic rings. The molecule has 5 nitrogen and oxygen atoms in total. The van der Waals surface area contributed by atoms with Gasteiger partial charge in [0.25, 0.3) is 0 Å². The number of hydrogen-bond donors (Lipinski definition) is 0. The van der Waals surface area contributed by atoms with Crippen LogP contribution in [0.5, 0.6) is 5.88 Å². The Bertz CT molecular complexity index is 633. The van der Waals surface area contributed by atoms with Gasteiger partial charge in [-0.15, -0.1) is 0 Å². The van der Waals surface area contributed by atoms with E-state index in [2.05, 4.69) is 14.7 Å². The lowest BCUT2D eigenvalue weighted by molar-refractivity contribution is -0.154. The highest BCUT2D eigenvalue weighted by Gasteiger charge is 2.28. The molecule has 0 saturated carbocycles. The average Bonchev–Trinajstić information content (AvgIpc) is 2.51. The van der Waals surface area contributed by atoms with Gasteiger partial charge in [-0.25, -0.2) is 9.78 Å². The van der Waals surface area contributed by atoms with Crippen molar-refractivity contribution in [2.45, 2.75) is 12.8 Å². The van der Waals surface area contributed by atoms with E-state index in [0.717, 1.165) is 6.07 Å². The number of carbonyl (C=O) groups excluding carboxylic acids is 1. The first-order chi connectivity index (χ1) is 10.4. The van der Waals surface area contributed by atoms with E-state index in [4.69, 9.17) is 4.74 Å². The first kappa shape index (κ1) is 15.7. The van der Waals surface area contributed by atoms with Crippen LogP contribution in [0.15, 0.2) is 42.7 Å². The van der Waals surface area contributed by atoms with Crippen molar-refractivity contribution in [2.24, 2.45) is 0 Å².